The molecule has 27 heavy (non-hydrogen) atoms. The molecule has 0 aliphatic carbocycles. The predicted octanol–water partition coefficient (Wildman–Crippen LogP) is 2.58. The second kappa shape index (κ2) is 10.2. The summed E-state index contributed by atoms with van der Waals surface area (Å²) in [5.41, 5.74) is 2.66. The summed E-state index contributed by atoms with van der Waals surface area (Å²) in [6.45, 7) is 5.43. The van der Waals surface area contributed by atoms with E-state index in [0.717, 1.165) is 32.7 Å². The summed E-state index contributed by atoms with van der Waals surface area (Å²) in [5, 5.41) is 0. The molecule has 5 heteroatoms. The number of hydrogen-bond acceptors (Lipinski definition) is 5. The van der Waals surface area contributed by atoms with Gasteiger partial charge in [0.25, 0.3) is 0 Å². The molecule has 3 rings (SSSR count). The summed E-state index contributed by atoms with van der Waals surface area (Å²) in [6.07, 6.45) is 0. The highest BCUT2D eigenvalue weighted by atomic mass is 16.6. The van der Waals surface area contributed by atoms with Gasteiger partial charge in [-0.15, -0.1) is 0 Å². The van der Waals surface area contributed by atoms with Crippen LogP contribution in [-0.4, -0.2) is 68.8 Å². The van der Waals surface area contributed by atoms with Gasteiger partial charge in [-0.3, -0.25) is 9.80 Å². The molecule has 1 aliphatic heterocycles. The maximum Gasteiger partial charge on any atom is 0.331 e. The quantitative estimate of drug-likeness (QED) is 0.529. The van der Waals surface area contributed by atoms with E-state index >= 15 is 0 Å². The maximum atomic E-state index is 11.1. The van der Waals surface area contributed by atoms with Crippen molar-refractivity contribution in [2.45, 2.75) is 6.04 Å². The Morgan fingerprint density at radius 3 is 2.00 bits per heavy atom. The molecule has 1 heterocycles. The van der Waals surface area contributed by atoms with Crippen LogP contribution in [-0.2, 0) is 14.3 Å². The molecule has 0 aromatic heterocycles. The van der Waals surface area contributed by atoms with Crippen LogP contribution >= 0.6 is 0 Å². The van der Waals surface area contributed by atoms with Crippen LogP contribution < -0.4 is 0 Å². The lowest BCUT2D eigenvalue weighted by Crippen LogP contribution is -2.48. The van der Waals surface area contributed by atoms with Gasteiger partial charge in [-0.25, -0.2) is 4.79 Å². The lowest BCUT2D eigenvalue weighted by molar-refractivity contribution is -0.146. The maximum absolute atomic E-state index is 11.1. The van der Waals surface area contributed by atoms with Crippen molar-refractivity contribution >= 4 is 5.97 Å². The number of nitrogens with zero attached hydrogens (tertiary/aromatic N) is 2. The van der Waals surface area contributed by atoms with Crippen LogP contribution in [0, 0.1) is 0 Å². The summed E-state index contributed by atoms with van der Waals surface area (Å²) >= 11 is 0. The number of rotatable bonds is 8. The standard InChI is InChI=1S/C22H28N2O3/c1-26-21(25)18-27-17-16-23-12-14-24(15-13-23)22(19-8-4-2-5-9-19)20-10-6-3-7-11-20/h2-11,22H,12-18H2,1H3. The molecule has 0 saturated carbocycles. The largest absolute Gasteiger partial charge is 0.467 e. The molecule has 0 spiro atoms. The van der Waals surface area contributed by atoms with E-state index in [9.17, 15) is 4.79 Å². The van der Waals surface area contributed by atoms with E-state index in [2.05, 4.69) is 75.2 Å². The summed E-state index contributed by atoms with van der Waals surface area (Å²) in [6, 6.07) is 21.7. The number of hydrogen-bond donors (Lipinski definition) is 0. The second-order valence-electron chi connectivity index (χ2n) is 6.73. The van der Waals surface area contributed by atoms with E-state index in [1.54, 1.807) is 0 Å². The minimum atomic E-state index is -0.326. The zero-order valence-electron chi connectivity index (χ0n) is 15.9. The Hall–Kier alpha value is -2.21. The Bertz CT molecular complexity index is 646. The van der Waals surface area contributed by atoms with Gasteiger partial charge in [0.05, 0.1) is 19.8 Å². The van der Waals surface area contributed by atoms with Gasteiger partial charge in [-0.05, 0) is 11.1 Å². The third kappa shape index (κ3) is 5.63. The first-order valence-corrected chi connectivity index (χ1v) is 9.49. The Morgan fingerprint density at radius 1 is 0.926 bits per heavy atom. The zero-order chi connectivity index (χ0) is 18.9. The lowest BCUT2D eigenvalue weighted by atomic mass is 9.96. The third-order valence-electron chi connectivity index (χ3n) is 5.00. The normalized spacial score (nSPS) is 15.8. The van der Waals surface area contributed by atoms with Gasteiger partial charge >= 0.3 is 5.97 Å². The van der Waals surface area contributed by atoms with E-state index in [-0.39, 0.29) is 18.6 Å². The van der Waals surface area contributed by atoms with Crippen molar-refractivity contribution in [1.29, 1.82) is 0 Å². The van der Waals surface area contributed by atoms with Crippen molar-refractivity contribution in [1.82, 2.24) is 9.80 Å². The van der Waals surface area contributed by atoms with E-state index in [1.165, 1.54) is 18.2 Å². The van der Waals surface area contributed by atoms with Gasteiger partial charge in [-0.2, -0.15) is 0 Å². The number of carbonyl (C=O) groups is 1. The third-order valence-corrected chi connectivity index (χ3v) is 5.00. The predicted molar refractivity (Wildman–Crippen MR) is 106 cm³/mol. The molecule has 0 radical (unpaired) electrons. The highest BCUT2D eigenvalue weighted by molar-refractivity contribution is 5.70. The lowest BCUT2D eigenvalue weighted by Gasteiger charge is -2.39. The molecule has 0 bridgehead atoms. The second-order valence-corrected chi connectivity index (χ2v) is 6.73. The van der Waals surface area contributed by atoms with Crippen LogP contribution in [0.25, 0.3) is 0 Å². The van der Waals surface area contributed by atoms with Crippen molar-refractivity contribution in [3.63, 3.8) is 0 Å². The molecule has 0 N–H and O–H groups in total. The fourth-order valence-electron chi connectivity index (χ4n) is 3.54. The first-order valence-electron chi connectivity index (χ1n) is 9.49. The minimum Gasteiger partial charge on any atom is -0.467 e. The molecule has 144 valence electrons. The zero-order valence-corrected chi connectivity index (χ0v) is 15.9. The Kier molecular flexibility index (Phi) is 7.39. The fourth-order valence-corrected chi connectivity index (χ4v) is 3.54. The monoisotopic (exact) mass is 368 g/mol. The Labute approximate surface area is 161 Å². The molecular weight excluding hydrogens is 340 g/mol. The van der Waals surface area contributed by atoms with Gasteiger partial charge in [-0.1, -0.05) is 60.7 Å². The topological polar surface area (TPSA) is 42.0 Å². The van der Waals surface area contributed by atoms with E-state index in [4.69, 9.17) is 4.74 Å². The minimum absolute atomic E-state index is 0.0283. The summed E-state index contributed by atoms with van der Waals surface area (Å²) in [5.74, 6) is -0.326. The fraction of sp³-hybridized carbons (Fsp3) is 0.409. The molecule has 1 saturated heterocycles. The smallest absolute Gasteiger partial charge is 0.331 e. The molecule has 0 atom stereocenters. The van der Waals surface area contributed by atoms with Crippen molar-refractivity contribution in [3.8, 4) is 0 Å². The summed E-state index contributed by atoms with van der Waals surface area (Å²) < 4.78 is 9.95. The number of esters is 1. The average Bonchev–Trinajstić information content (AvgIpc) is 2.74. The molecule has 0 amide bonds. The van der Waals surface area contributed by atoms with Gasteiger partial charge < -0.3 is 9.47 Å². The van der Waals surface area contributed by atoms with Gasteiger partial charge in [0.2, 0.25) is 0 Å². The highest BCUT2D eigenvalue weighted by Gasteiger charge is 2.26. The number of benzene rings is 2. The molecule has 2 aromatic rings. The van der Waals surface area contributed by atoms with Crippen LogP contribution in [0.2, 0.25) is 0 Å². The van der Waals surface area contributed by atoms with Gasteiger partial charge in [0.1, 0.15) is 6.61 Å². The molecule has 1 aliphatic rings. The summed E-state index contributed by atoms with van der Waals surface area (Å²) in [4.78, 5) is 16.0. The number of methoxy groups -OCH3 is 1. The first kappa shape index (κ1) is 19.5. The van der Waals surface area contributed by atoms with Crippen LogP contribution in [0.5, 0.6) is 0 Å². The van der Waals surface area contributed by atoms with E-state index in [0.29, 0.717) is 6.61 Å². The molecule has 1 fully saturated rings. The average molecular weight is 368 g/mol. The molecule has 2 aromatic carbocycles. The van der Waals surface area contributed by atoms with Crippen LogP contribution in [0.1, 0.15) is 17.2 Å². The SMILES string of the molecule is COC(=O)COCCN1CCN(C(c2ccccc2)c2ccccc2)CC1. The van der Waals surface area contributed by atoms with Gasteiger partial charge in [0.15, 0.2) is 0 Å². The highest BCUT2D eigenvalue weighted by Crippen LogP contribution is 2.29. The van der Waals surface area contributed by atoms with Crippen LogP contribution in [0.4, 0.5) is 0 Å². The molecule has 0 unspecified atom stereocenters. The van der Waals surface area contributed by atoms with Crippen molar-refractivity contribution in [3.05, 3.63) is 71.8 Å². The van der Waals surface area contributed by atoms with Crippen molar-refractivity contribution in [2.75, 3.05) is 53.0 Å². The van der Waals surface area contributed by atoms with Crippen molar-refractivity contribution < 1.29 is 14.3 Å². The van der Waals surface area contributed by atoms with Gasteiger partial charge in [0, 0.05) is 32.7 Å². The Balaban J connectivity index is 1.56. The molecule has 5 nitrogen and oxygen atoms in total. The van der Waals surface area contributed by atoms with E-state index < -0.39 is 0 Å². The van der Waals surface area contributed by atoms with Crippen LogP contribution in [0.3, 0.4) is 0 Å². The number of piperazine rings is 1. The van der Waals surface area contributed by atoms with E-state index in [1.807, 2.05) is 0 Å². The number of ether oxygens (including phenoxy) is 2. The van der Waals surface area contributed by atoms with Crippen LogP contribution in [0.15, 0.2) is 60.7 Å². The van der Waals surface area contributed by atoms with Crippen molar-refractivity contribution in [2.24, 2.45) is 0 Å². The molecular formula is C22H28N2O3. The number of carbonyl (C=O) groups excluding carboxylic acids is 1. The first-order chi connectivity index (χ1) is 13.3. The Morgan fingerprint density at radius 2 is 1.48 bits per heavy atom. The summed E-state index contributed by atoms with van der Waals surface area (Å²) in [7, 11) is 1.38.